The van der Waals surface area contributed by atoms with Gasteiger partial charge < -0.3 is 4.74 Å². The Morgan fingerprint density at radius 3 is 3.09 bits per heavy atom. The van der Waals surface area contributed by atoms with Crippen LogP contribution in [0.1, 0.15) is 32.6 Å². The average molecular weight is 154 g/mol. The van der Waals surface area contributed by atoms with Gasteiger partial charge in [-0.3, -0.25) is 4.79 Å². The molecule has 0 N–H and O–H groups in total. The van der Waals surface area contributed by atoms with Crippen molar-refractivity contribution in [3.05, 3.63) is 11.8 Å². The van der Waals surface area contributed by atoms with E-state index in [0.717, 1.165) is 19.3 Å². The van der Waals surface area contributed by atoms with Crippen molar-refractivity contribution in [1.29, 1.82) is 0 Å². The number of rotatable bonds is 3. The van der Waals surface area contributed by atoms with Gasteiger partial charge in [-0.1, -0.05) is 6.92 Å². The maximum absolute atomic E-state index is 11.2. The van der Waals surface area contributed by atoms with Crippen LogP contribution in [-0.2, 0) is 9.53 Å². The number of ether oxygens (including phenoxy) is 1. The Bertz CT molecular complexity index is 170. The van der Waals surface area contributed by atoms with Gasteiger partial charge in [-0.15, -0.1) is 0 Å². The molecule has 0 amide bonds. The van der Waals surface area contributed by atoms with Crippen molar-refractivity contribution in [2.45, 2.75) is 32.6 Å². The first kappa shape index (κ1) is 8.31. The molecule has 0 saturated carbocycles. The molecule has 0 aromatic rings. The Hall–Kier alpha value is -0.790. The van der Waals surface area contributed by atoms with Crippen LogP contribution in [0.4, 0.5) is 0 Å². The molecule has 2 nitrogen and oxygen atoms in total. The maximum Gasteiger partial charge on any atom is 0.197 e. The van der Waals surface area contributed by atoms with Crippen LogP contribution in [0, 0.1) is 0 Å². The minimum atomic E-state index is 0.159. The smallest absolute Gasteiger partial charge is 0.197 e. The molecule has 0 aromatic carbocycles. The van der Waals surface area contributed by atoms with Crippen LogP contribution in [0.3, 0.4) is 0 Å². The predicted octanol–water partition coefficient (Wildman–Crippen LogP) is 2.05. The van der Waals surface area contributed by atoms with Gasteiger partial charge in [-0.25, -0.2) is 0 Å². The molecule has 0 unspecified atom stereocenters. The van der Waals surface area contributed by atoms with Gasteiger partial charge in [0.15, 0.2) is 11.5 Å². The van der Waals surface area contributed by atoms with Crippen molar-refractivity contribution >= 4 is 5.78 Å². The van der Waals surface area contributed by atoms with Crippen molar-refractivity contribution in [3.63, 3.8) is 0 Å². The number of allylic oxidation sites excluding steroid dienone is 2. The summed E-state index contributed by atoms with van der Waals surface area (Å²) in [6, 6.07) is 0. The van der Waals surface area contributed by atoms with E-state index in [1.54, 1.807) is 0 Å². The fourth-order valence-electron chi connectivity index (χ4n) is 1.10. The average Bonchev–Trinajstić information content (AvgIpc) is 2.07. The first-order chi connectivity index (χ1) is 5.34. The van der Waals surface area contributed by atoms with Crippen molar-refractivity contribution in [1.82, 2.24) is 0 Å². The summed E-state index contributed by atoms with van der Waals surface area (Å²) in [4.78, 5) is 11.2. The molecule has 0 saturated heterocycles. The van der Waals surface area contributed by atoms with Gasteiger partial charge >= 0.3 is 0 Å². The lowest BCUT2D eigenvalue weighted by Gasteiger charge is -2.12. The molecule has 0 fully saturated rings. The van der Waals surface area contributed by atoms with Crippen LogP contribution in [-0.4, -0.2) is 12.4 Å². The van der Waals surface area contributed by atoms with E-state index in [-0.39, 0.29) is 5.78 Å². The SMILES string of the molecule is CCCC(=O)C1=CCCCO1. The first-order valence-electron chi connectivity index (χ1n) is 4.20. The summed E-state index contributed by atoms with van der Waals surface area (Å²) >= 11 is 0. The standard InChI is InChI=1S/C9H14O2/c1-2-5-8(10)9-6-3-4-7-11-9/h6H,2-5,7H2,1H3. The van der Waals surface area contributed by atoms with E-state index in [9.17, 15) is 4.79 Å². The largest absolute Gasteiger partial charge is 0.490 e. The second-order valence-electron chi connectivity index (χ2n) is 2.73. The second-order valence-corrected chi connectivity index (χ2v) is 2.73. The van der Waals surface area contributed by atoms with E-state index < -0.39 is 0 Å². The zero-order chi connectivity index (χ0) is 8.10. The van der Waals surface area contributed by atoms with Gasteiger partial charge in [0, 0.05) is 6.42 Å². The molecular weight excluding hydrogens is 140 g/mol. The molecule has 62 valence electrons. The highest BCUT2D eigenvalue weighted by molar-refractivity contribution is 5.93. The third kappa shape index (κ3) is 2.37. The monoisotopic (exact) mass is 154 g/mol. The molecule has 0 bridgehead atoms. The van der Waals surface area contributed by atoms with Crippen LogP contribution < -0.4 is 0 Å². The summed E-state index contributed by atoms with van der Waals surface area (Å²) in [7, 11) is 0. The molecule has 0 atom stereocenters. The van der Waals surface area contributed by atoms with E-state index in [2.05, 4.69) is 0 Å². The Morgan fingerprint density at radius 1 is 1.73 bits per heavy atom. The summed E-state index contributed by atoms with van der Waals surface area (Å²) < 4.78 is 5.20. The Kier molecular flexibility index (Phi) is 3.14. The molecule has 11 heavy (non-hydrogen) atoms. The Balaban J connectivity index is 2.44. The van der Waals surface area contributed by atoms with Gasteiger partial charge in [-0.2, -0.15) is 0 Å². The van der Waals surface area contributed by atoms with Crippen LogP contribution in [0.5, 0.6) is 0 Å². The number of ketones is 1. The molecular formula is C9H14O2. The quantitative estimate of drug-likeness (QED) is 0.622. The molecule has 0 aromatic heterocycles. The lowest BCUT2D eigenvalue weighted by molar-refractivity contribution is -0.119. The molecule has 1 heterocycles. The lowest BCUT2D eigenvalue weighted by atomic mass is 10.1. The minimum absolute atomic E-state index is 0.159. The summed E-state index contributed by atoms with van der Waals surface area (Å²) in [5.41, 5.74) is 0. The highest BCUT2D eigenvalue weighted by Crippen LogP contribution is 2.12. The van der Waals surface area contributed by atoms with Gasteiger partial charge in [0.1, 0.15) is 0 Å². The molecule has 1 aliphatic rings. The van der Waals surface area contributed by atoms with Crippen molar-refractivity contribution in [2.75, 3.05) is 6.61 Å². The van der Waals surface area contributed by atoms with Gasteiger partial charge in [0.05, 0.1) is 6.61 Å². The van der Waals surface area contributed by atoms with Crippen LogP contribution in [0.15, 0.2) is 11.8 Å². The normalized spacial score (nSPS) is 17.0. The molecule has 1 aliphatic heterocycles. The Labute approximate surface area is 67.2 Å². The highest BCUT2D eigenvalue weighted by atomic mass is 16.5. The minimum Gasteiger partial charge on any atom is -0.490 e. The fraction of sp³-hybridized carbons (Fsp3) is 0.667. The van der Waals surface area contributed by atoms with Gasteiger partial charge in [0.25, 0.3) is 0 Å². The highest BCUT2D eigenvalue weighted by Gasteiger charge is 2.11. The van der Waals surface area contributed by atoms with Crippen LogP contribution >= 0.6 is 0 Å². The summed E-state index contributed by atoms with van der Waals surface area (Å²) in [5, 5.41) is 0. The number of hydrogen-bond acceptors (Lipinski definition) is 2. The summed E-state index contributed by atoms with van der Waals surface area (Å²) in [6.07, 6.45) is 5.46. The van der Waals surface area contributed by atoms with E-state index >= 15 is 0 Å². The van der Waals surface area contributed by atoms with Gasteiger partial charge in [-0.05, 0) is 25.3 Å². The van der Waals surface area contributed by atoms with Crippen molar-refractivity contribution in [3.8, 4) is 0 Å². The topological polar surface area (TPSA) is 26.3 Å². The third-order valence-corrected chi connectivity index (χ3v) is 1.69. The first-order valence-corrected chi connectivity index (χ1v) is 4.20. The number of Topliss-reactive ketones (excluding diaryl/α,β-unsaturated/α-hetero) is 1. The van der Waals surface area contributed by atoms with Crippen LogP contribution in [0.25, 0.3) is 0 Å². The van der Waals surface area contributed by atoms with Gasteiger partial charge in [0.2, 0.25) is 0 Å². The molecule has 0 spiro atoms. The fourth-order valence-corrected chi connectivity index (χ4v) is 1.10. The summed E-state index contributed by atoms with van der Waals surface area (Å²) in [6.45, 7) is 2.71. The zero-order valence-corrected chi connectivity index (χ0v) is 6.93. The van der Waals surface area contributed by atoms with Crippen LogP contribution in [0.2, 0.25) is 0 Å². The third-order valence-electron chi connectivity index (χ3n) is 1.69. The predicted molar refractivity (Wildman–Crippen MR) is 43.2 cm³/mol. The molecule has 0 aliphatic carbocycles. The van der Waals surface area contributed by atoms with E-state index in [0.29, 0.717) is 18.8 Å². The maximum atomic E-state index is 11.2. The number of hydrogen-bond donors (Lipinski definition) is 0. The lowest BCUT2D eigenvalue weighted by Crippen LogP contribution is -2.10. The molecule has 1 rings (SSSR count). The van der Waals surface area contributed by atoms with E-state index in [4.69, 9.17) is 4.74 Å². The Morgan fingerprint density at radius 2 is 2.55 bits per heavy atom. The van der Waals surface area contributed by atoms with Crippen molar-refractivity contribution in [2.24, 2.45) is 0 Å². The summed E-state index contributed by atoms with van der Waals surface area (Å²) in [5.74, 6) is 0.755. The van der Waals surface area contributed by atoms with E-state index in [1.165, 1.54) is 0 Å². The number of carbonyl (C=O) groups excluding carboxylic acids is 1. The molecule has 2 heteroatoms. The number of carbonyl (C=O) groups is 1. The second kappa shape index (κ2) is 4.16. The molecule has 0 radical (unpaired) electrons. The van der Waals surface area contributed by atoms with E-state index in [1.807, 2.05) is 13.0 Å². The zero-order valence-electron chi connectivity index (χ0n) is 6.93. The van der Waals surface area contributed by atoms with Crippen molar-refractivity contribution < 1.29 is 9.53 Å².